The Hall–Kier alpha value is -5.94. The summed E-state index contributed by atoms with van der Waals surface area (Å²) in [6, 6.07) is 6.10. The number of aliphatic hydroxyl groups is 1. The molecule has 0 aliphatic carbocycles. The molecule has 62 heavy (non-hydrogen) atoms. The Morgan fingerprint density at radius 1 is 1.00 bits per heavy atom. The lowest BCUT2D eigenvalue weighted by molar-refractivity contribution is -0.139. The fourth-order valence-electron chi connectivity index (χ4n) is 9.97. The number of benzene rings is 1. The van der Waals surface area contributed by atoms with Gasteiger partial charge in [-0.15, -0.1) is 0 Å². The predicted molar refractivity (Wildman–Crippen MR) is 230 cm³/mol. The lowest BCUT2D eigenvalue weighted by atomic mass is 9.74. The average Bonchev–Trinajstić information content (AvgIpc) is 4.03. The van der Waals surface area contributed by atoms with E-state index in [1.54, 1.807) is 12.1 Å². The Morgan fingerprint density at radius 2 is 1.77 bits per heavy atom. The van der Waals surface area contributed by atoms with Gasteiger partial charge in [0.2, 0.25) is 17.7 Å². The maximum Gasteiger partial charge on any atom is 0.249 e. The highest BCUT2D eigenvalue weighted by Gasteiger charge is 2.45. The molecule has 326 valence electrons. The molecule has 5 aliphatic rings. The standard InChI is InChI=1S/C45H55FN12O4/c1-2-43(42-47-16-3-17-48-42)12-22-57(23-13-43)45(11-8-31(26-49-45)32-27-50-51-28-32)33-29-52-58(30-33)35-9-18-56(19-10-35)40(60)25-44(62)14-20-55(21-15-44)38-6-4-34(24-36(38)46)53-37-5-7-39(59)54-41(37)61/h3-4,6,8,11,16-17,24,26-30,35,37,49,53,62H,2,5,7,9-10,12-15,18-23,25H2,1H3,(H,50,51)(H,54,59,61). The fourth-order valence-corrected chi connectivity index (χ4v) is 9.97. The largest absolute Gasteiger partial charge is 0.389 e. The quantitative estimate of drug-likeness (QED) is 0.136. The third-order valence-electron chi connectivity index (χ3n) is 14.0. The molecule has 4 fully saturated rings. The van der Waals surface area contributed by atoms with Crippen molar-refractivity contribution in [1.29, 1.82) is 0 Å². The number of dihydropyridines is 1. The summed E-state index contributed by atoms with van der Waals surface area (Å²) in [7, 11) is 0. The van der Waals surface area contributed by atoms with Crippen LogP contribution in [-0.2, 0) is 25.5 Å². The first-order valence-electron chi connectivity index (χ1n) is 21.9. The summed E-state index contributed by atoms with van der Waals surface area (Å²) < 4.78 is 17.4. The number of piperidine rings is 4. The van der Waals surface area contributed by atoms with Gasteiger partial charge in [0.15, 0.2) is 0 Å². The number of H-pyrrole nitrogens is 1. The molecule has 3 amide bonds. The maximum atomic E-state index is 15.3. The van der Waals surface area contributed by atoms with E-state index in [2.05, 4.69) is 77.2 Å². The Bertz CT molecular complexity index is 2310. The van der Waals surface area contributed by atoms with Gasteiger partial charge in [0.05, 0.1) is 36.1 Å². The lowest BCUT2D eigenvalue weighted by Crippen LogP contribution is -2.58. The molecule has 2 unspecified atom stereocenters. The minimum Gasteiger partial charge on any atom is -0.389 e. The zero-order valence-corrected chi connectivity index (χ0v) is 35.1. The number of aromatic amines is 1. The molecule has 2 atom stereocenters. The second kappa shape index (κ2) is 17.1. The number of amides is 3. The van der Waals surface area contributed by atoms with E-state index in [-0.39, 0.29) is 36.1 Å². The van der Waals surface area contributed by atoms with E-state index in [0.29, 0.717) is 56.8 Å². The monoisotopic (exact) mass is 846 g/mol. The van der Waals surface area contributed by atoms with Crippen LogP contribution < -0.4 is 20.9 Å². The number of hydrogen-bond acceptors (Lipinski definition) is 12. The van der Waals surface area contributed by atoms with Gasteiger partial charge in [-0.25, -0.2) is 14.4 Å². The number of nitrogens with zero attached hydrogens (tertiary/aromatic N) is 8. The van der Waals surface area contributed by atoms with Gasteiger partial charge >= 0.3 is 0 Å². The van der Waals surface area contributed by atoms with Gasteiger partial charge in [0.1, 0.15) is 23.3 Å². The Labute approximate surface area is 360 Å². The molecule has 0 spiro atoms. The molecular formula is C45H55FN12O4. The third-order valence-corrected chi connectivity index (χ3v) is 14.0. The summed E-state index contributed by atoms with van der Waals surface area (Å²) in [5.74, 6) is -0.325. The van der Waals surface area contributed by atoms with Crippen LogP contribution in [0.2, 0.25) is 0 Å². The van der Waals surface area contributed by atoms with Crippen LogP contribution in [-0.4, -0.2) is 113 Å². The van der Waals surface area contributed by atoms with Crippen molar-refractivity contribution in [2.45, 2.75) is 99.9 Å². The molecule has 17 heteroatoms. The number of nitrogens with one attached hydrogen (secondary N) is 4. The molecule has 3 aromatic heterocycles. The summed E-state index contributed by atoms with van der Waals surface area (Å²) >= 11 is 0. The highest BCUT2D eigenvalue weighted by molar-refractivity contribution is 6.01. The number of anilines is 2. The van der Waals surface area contributed by atoms with Crippen molar-refractivity contribution < 1.29 is 23.9 Å². The van der Waals surface area contributed by atoms with Crippen LogP contribution in [0.5, 0.6) is 0 Å². The Morgan fingerprint density at radius 3 is 2.44 bits per heavy atom. The number of carbonyl (C=O) groups is 3. The third kappa shape index (κ3) is 8.22. The number of carbonyl (C=O) groups excluding carboxylic acids is 3. The van der Waals surface area contributed by atoms with E-state index < -0.39 is 29.0 Å². The van der Waals surface area contributed by atoms with Crippen molar-refractivity contribution in [1.82, 2.24) is 50.4 Å². The summed E-state index contributed by atoms with van der Waals surface area (Å²) in [5, 5.41) is 32.6. The first-order valence-corrected chi connectivity index (χ1v) is 21.9. The molecule has 4 saturated heterocycles. The molecule has 16 nitrogen and oxygen atoms in total. The second-order valence-corrected chi connectivity index (χ2v) is 17.5. The van der Waals surface area contributed by atoms with Crippen molar-refractivity contribution in [3.63, 3.8) is 0 Å². The van der Waals surface area contributed by atoms with E-state index in [4.69, 9.17) is 5.10 Å². The van der Waals surface area contributed by atoms with Crippen LogP contribution in [0, 0.1) is 5.82 Å². The van der Waals surface area contributed by atoms with Gasteiger partial charge < -0.3 is 25.5 Å². The van der Waals surface area contributed by atoms with Crippen molar-refractivity contribution in [3.8, 4) is 0 Å². The number of hydrogen-bond donors (Lipinski definition) is 5. The van der Waals surface area contributed by atoms with Crippen LogP contribution >= 0.6 is 0 Å². The predicted octanol–water partition coefficient (Wildman–Crippen LogP) is 4.13. The van der Waals surface area contributed by atoms with Gasteiger partial charge in [-0.2, -0.15) is 10.2 Å². The van der Waals surface area contributed by atoms with E-state index in [1.165, 1.54) is 6.07 Å². The second-order valence-electron chi connectivity index (χ2n) is 17.5. The fraction of sp³-hybridized carbons (Fsp3) is 0.489. The zero-order valence-electron chi connectivity index (χ0n) is 35.1. The Kier molecular flexibility index (Phi) is 11.4. The molecule has 0 radical (unpaired) electrons. The van der Waals surface area contributed by atoms with Gasteiger partial charge in [-0.3, -0.25) is 34.4 Å². The number of rotatable bonds is 11. The SMILES string of the molecule is CCC1(c2ncccn2)CCN(C2(c3cnn(C4CCN(C(=O)CC5(O)CCN(c6ccc(NC7CCC(=O)NC7=O)cc6F)CC5)CC4)c3)C=CC(c3cn[nH]c3)=CN2)CC1. The van der Waals surface area contributed by atoms with Gasteiger partial charge in [0.25, 0.3) is 0 Å². The molecule has 5 aliphatic heterocycles. The summed E-state index contributed by atoms with van der Waals surface area (Å²) in [4.78, 5) is 52.9. The molecule has 5 N–H and O–H groups in total. The van der Waals surface area contributed by atoms with Crippen LogP contribution in [0.15, 0.2) is 79.8 Å². The van der Waals surface area contributed by atoms with E-state index in [0.717, 1.165) is 67.7 Å². The summed E-state index contributed by atoms with van der Waals surface area (Å²) in [6.07, 6.45) is 23.5. The van der Waals surface area contributed by atoms with E-state index in [9.17, 15) is 19.5 Å². The van der Waals surface area contributed by atoms with Crippen LogP contribution in [0.4, 0.5) is 15.8 Å². The molecule has 1 aromatic carbocycles. The summed E-state index contributed by atoms with van der Waals surface area (Å²) in [5.41, 5.74) is 2.07. The molecule has 4 aromatic rings. The number of halogens is 1. The number of imide groups is 1. The maximum absolute atomic E-state index is 15.3. The Balaban J connectivity index is 0.804. The lowest BCUT2D eigenvalue weighted by Gasteiger charge is -2.49. The van der Waals surface area contributed by atoms with E-state index >= 15 is 4.39 Å². The van der Waals surface area contributed by atoms with Crippen molar-refractivity contribution in [3.05, 3.63) is 103 Å². The molecule has 0 bridgehead atoms. The van der Waals surface area contributed by atoms with Gasteiger partial charge in [0, 0.05) is 104 Å². The van der Waals surface area contributed by atoms with Crippen LogP contribution in [0.3, 0.4) is 0 Å². The molecule has 0 saturated carbocycles. The highest BCUT2D eigenvalue weighted by atomic mass is 19.1. The summed E-state index contributed by atoms with van der Waals surface area (Å²) in [6.45, 7) is 5.84. The van der Waals surface area contributed by atoms with E-state index in [1.807, 2.05) is 46.9 Å². The number of allylic oxidation sites excluding steroid dienone is 2. The normalized spacial score (nSPS) is 24.3. The molecule has 9 rings (SSSR count). The van der Waals surface area contributed by atoms with Crippen molar-refractivity contribution >= 4 is 34.7 Å². The van der Waals surface area contributed by atoms with Crippen LogP contribution in [0.1, 0.15) is 94.1 Å². The molecular weight excluding hydrogens is 792 g/mol. The first kappa shape index (κ1) is 41.4. The van der Waals surface area contributed by atoms with Crippen LogP contribution in [0.25, 0.3) is 5.57 Å². The topological polar surface area (TPSA) is 190 Å². The average molecular weight is 847 g/mol. The number of aromatic nitrogens is 6. The van der Waals surface area contributed by atoms with Crippen molar-refractivity contribution in [2.75, 3.05) is 49.5 Å². The zero-order chi connectivity index (χ0) is 42.9. The molecule has 8 heterocycles. The number of likely N-dealkylation sites (tertiary alicyclic amines) is 2. The minimum atomic E-state index is -1.18. The highest BCUT2D eigenvalue weighted by Crippen LogP contribution is 2.42. The van der Waals surface area contributed by atoms with Gasteiger partial charge in [-0.05, 0) is 81.7 Å². The minimum absolute atomic E-state index is 0.0229. The smallest absolute Gasteiger partial charge is 0.249 e. The van der Waals surface area contributed by atoms with Gasteiger partial charge in [-0.1, -0.05) is 13.0 Å². The van der Waals surface area contributed by atoms with Crippen molar-refractivity contribution in [2.24, 2.45) is 0 Å². The first-order chi connectivity index (χ1) is 30.1.